The van der Waals surface area contributed by atoms with E-state index in [4.69, 9.17) is 9.47 Å². The van der Waals surface area contributed by atoms with Crippen LogP contribution in [-0.4, -0.2) is 13.1 Å². The van der Waals surface area contributed by atoms with Crippen molar-refractivity contribution in [2.75, 3.05) is 7.11 Å². The summed E-state index contributed by atoms with van der Waals surface area (Å²) >= 11 is 0. The number of hydrogen-bond acceptors (Lipinski definition) is 4. The van der Waals surface area contributed by atoms with Gasteiger partial charge in [-0.25, -0.2) is 0 Å². The molecule has 1 saturated heterocycles. The van der Waals surface area contributed by atoms with Crippen molar-refractivity contribution in [1.82, 2.24) is 0 Å². The Balaban J connectivity index is 2.17. The zero-order chi connectivity index (χ0) is 17.4. The maximum Gasteiger partial charge on any atom is 0.308 e. The first kappa shape index (κ1) is 16.1. The van der Waals surface area contributed by atoms with Crippen molar-refractivity contribution in [3.05, 3.63) is 65.2 Å². The molecule has 4 nitrogen and oxygen atoms in total. The fourth-order valence-corrected chi connectivity index (χ4v) is 3.37. The molecule has 1 heterocycles. The second kappa shape index (κ2) is 5.68. The van der Waals surface area contributed by atoms with Crippen molar-refractivity contribution in [1.29, 1.82) is 5.26 Å². The highest BCUT2D eigenvalue weighted by molar-refractivity contribution is 5.77. The summed E-state index contributed by atoms with van der Waals surface area (Å²) in [4.78, 5) is 12.2. The van der Waals surface area contributed by atoms with Crippen LogP contribution in [0.2, 0.25) is 0 Å². The number of nitriles is 1. The number of nitrogens with zero attached hydrogens (tertiary/aromatic N) is 1. The van der Waals surface area contributed by atoms with E-state index in [2.05, 4.69) is 6.07 Å². The zero-order valence-electron chi connectivity index (χ0n) is 14.0. The molecule has 0 aromatic heterocycles. The highest BCUT2D eigenvalue weighted by Gasteiger charge is 2.60. The number of aryl methyl sites for hydroxylation is 1. The van der Waals surface area contributed by atoms with Crippen LogP contribution < -0.4 is 4.74 Å². The van der Waals surface area contributed by atoms with Crippen LogP contribution in [0.1, 0.15) is 30.0 Å². The summed E-state index contributed by atoms with van der Waals surface area (Å²) in [6.45, 7) is 3.92. The number of benzene rings is 2. The first-order valence-corrected chi connectivity index (χ1v) is 7.80. The molecule has 0 N–H and O–H groups in total. The highest BCUT2D eigenvalue weighted by atomic mass is 16.6. The summed E-state index contributed by atoms with van der Waals surface area (Å²) in [6, 6.07) is 17.3. The van der Waals surface area contributed by atoms with E-state index < -0.39 is 11.0 Å². The molecule has 4 heteroatoms. The molecule has 2 atom stereocenters. The van der Waals surface area contributed by atoms with Crippen molar-refractivity contribution in [2.24, 2.45) is 0 Å². The van der Waals surface area contributed by atoms with Crippen LogP contribution in [-0.2, 0) is 20.5 Å². The third-order valence-corrected chi connectivity index (χ3v) is 4.88. The number of cyclic esters (lactones) is 1. The minimum atomic E-state index is -1.36. The van der Waals surface area contributed by atoms with Gasteiger partial charge in [0.1, 0.15) is 11.8 Å². The molecular weight excluding hydrogens is 302 g/mol. The first-order chi connectivity index (χ1) is 11.4. The van der Waals surface area contributed by atoms with Crippen molar-refractivity contribution in [3.8, 4) is 11.8 Å². The molecule has 1 aliphatic rings. The molecule has 1 aliphatic heterocycles. The molecule has 0 radical (unpaired) electrons. The molecule has 0 aliphatic carbocycles. The monoisotopic (exact) mass is 321 g/mol. The Bertz CT molecular complexity index is 804. The predicted octanol–water partition coefficient (Wildman–Crippen LogP) is 3.63. The van der Waals surface area contributed by atoms with Crippen molar-refractivity contribution in [2.45, 2.75) is 31.3 Å². The number of methoxy groups -OCH3 is 1. The van der Waals surface area contributed by atoms with Gasteiger partial charge in [0.25, 0.3) is 0 Å². The molecular formula is C20H19NO3. The third-order valence-electron chi connectivity index (χ3n) is 4.88. The van der Waals surface area contributed by atoms with Crippen LogP contribution in [0.5, 0.6) is 5.75 Å². The highest BCUT2D eigenvalue weighted by Crippen LogP contribution is 2.52. The zero-order valence-corrected chi connectivity index (χ0v) is 14.0. The van der Waals surface area contributed by atoms with E-state index in [0.29, 0.717) is 11.3 Å². The minimum Gasteiger partial charge on any atom is -0.497 e. The lowest BCUT2D eigenvalue weighted by Gasteiger charge is -2.36. The SMILES string of the molecule is COc1ccc(C2(C#N)OC(=O)CC2(C)c2ccc(C)cc2)cc1. The van der Waals surface area contributed by atoms with Gasteiger partial charge in [0.2, 0.25) is 5.60 Å². The van der Waals surface area contributed by atoms with Crippen LogP contribution in [0.4, 0.5) is 0 Å². The summed E-state index contributed by atoms with van der Waals surface area (Å²) in [5.41, 5.74) is 0.572. The molecule has 3 rings (SSSR count). The summed E-state index contributed by atoms with van der Waals surface area (Å²) in [6.07, 6.45) is 0.162. The summed E-state index contributed by atoms with van der Waals surface area (Å²) < 4.78 is 10.8. The lowest BCUT2D eigenvalue weighted by atomic mass is 9.66. The smallest absolute Gasteiger partial charge is 0.308 e. The van der Waals surface area contributed by atoms with Crippen LogP contribution in [0.25, 0.3) is 0 Å². The van der Waals surface area contributed by atoms with Crippen molar-refractivity contribution < 1.29 is 14.3 Å². The van der Waals surface area contributed by atoms with E-state index in [1.54, 1.807) is 31.4 Å². The van der Waals surface area contributed by atoms with Gasteiger partial charge in [-0.15, -0.1) is 0 Å². The molecule has 2 aromatic rings. The van der Waals surface area contributed by atoms with E-state index >= 15 is 0 Å². The Morgan fingerprint density at radius 2 is 1.67 bits per heavy atom. The van der Waals surface area contributed by atoms with Gasteiger partial charge in [-0.1, -0.05) is 42.0 Å². The van der Waals surface area contributed by atoms with Crippen molar-refractivity contribution >= 4 is 5.97 Å². The number of carbonyl (C=O) groups is 1. The fraction of sp³-hybridized carbons (Fsp3) is 0.300. The lowest BCUT2D eigenvalue weighted by molar-refractivity contribution is -0.146. The molecule has 0 saturated carbocycles. The van der Waals surface area contributed by atoms with E-state index in [9.17, 15) is 10.1 Å². The Kier molecular flexibility index (Phi) is 3.81. The number of esters is 1. The van der Waals surface area contributed by atoms with Gasteiger partial charge < -0.3 is 9.47 Å². The quantitative estimate of drug-likeness (QED) is 0.810. The maximum atomic E-state index is 12.2. The topological polar surface area (TPSA) is 59.3 Å². The number of rotatable bonds is 3. The summed E-state index contributed by atoms with van der Waals surface area (Å²) in [7, 11) is 1.58. The Morgan fingerprint density at radius 3 is 2.21 bits per heavy atom. The third kappa shape index (κ3) is 2.25. The van der Waals surface area contributed by atoms with Gasteiger partial charge in [-0.3, -0.25) is 4.79 Å². The van der Waals surface area contributed by atoms with E-state index in [1.165, 1.54) is 0 Å². The van der Waals surface area contributed by atoms with Crippen LogP contribution in [0.15, 0.2) is 48.5 Å². The Hall–Kier alpha value is -2.80. The molecule has 0 spiro atoms. The fourth-order valence-electron chi connectivity index (χ4n) is 3.37. The average molecular weight is 321 g/mol. The van der Waals surface area contributed by atoms with Crippen LogP contribution in [0, 0.1) is 18.3 Å². The predicted molar refractivity (Wildman–Crippen MR) is 89.5 cm³/mol. The Labute approximate surface area is 141 Å². The largest absolute Gasteiger partial charge is 0.497 e. The molecule has 0 bridgehead atoms. The summed E-state index contributed by atoms with van der Waals surface area (Å²) in [5.74, 6) is 0.323. The van der Waals surface area contributed by atoms with Crippen molar-refractivity contribution in [3.63, 3.8) is 0 Å². The minimum absolute atomic E-state index is 0.162. The van der Waals surface area contributed by atoms with Gasteiger partial charge >= 0.3 is 5.97 Å². The lowest BCUT2D eigenvalue weighted by Crippen LogP contribution is -2.42. The number of ether oxygens (including phenoxy) is 2. The summed E-state index contributed by atoms with van der Waals surface area (Å²) in [5, 5.41) is 10.0. The molecule has 2 aromatic carbocycles. The number of hydrogen-bond donors (Lipinski definition) is 0. The standard InChI is InChI=1S/C20H19NO3/c1-14-4-6-15(7-5-14)19(2)12-18(22)24-20(19,13-21)16-8-10-17(23-3)11-9-16/h4-11H,12H2,1-3H3. The van der Waals surface area contributed by atoms with Crippen LogP contribution in [0.3, 0.4) is 0 Å². The molecule has 122 valence electrons. The maximum absolute atomic E-state index is 12.2. The second-order valence-electron chi connectivity index (χ2n) is 6.37. The van der Waals surface area contributed by atoms with E-state index in [-0.39, 0.29) is 12.4 Å². The van der Waals surface area contributed by atoms with Gasteiger partial charge in [-0.05, 0) is 31.5 Å². The Morgan fingerprint density at radius 1 is 1.08 bits per heavy atom. The molecule has 2 unspecified atom stereocenters. The average Bonchev–Trinajstić information content (AvgIpc) is 2.87. The molecule has 24 heavy (non-hydrogen) atoms. The van der Waals surface area contributed by atoms with Gasteiger partial charge in [0.05, 0.1) is 18.9 Å². The van der Waals surface area contributed by atoms with Gasteiger partial charge in [0, 0.05) is 5.56 Å². The van der Waals surface area contributed by atoms with Crippen LogP contribution >= 0.6 is 0 Å². The molecule has 1 fully saturated rings. The van der Waals surface area contributed by atoms with Gasteiger partial charge in [0.15, 0.2) is 0 Å². The molecule has 0 amide bonds. The van der Waals surface area contributed by atoms with E-state index in [0.717, 1.165) is 11.1 Å². The van der Waals surface area contributed by atoms with E-state index in [1.807, 2.05) is 38.1 Å². The number of carbonyl (C=O) groups excluding carboxylic acids is 1. The van der Waals surface area contributed by atoms with Gasteiger partial charge in [-0.2, -0.15) is 5.26 Å². The normalized spacial score (nSPS) is 25.8. The second-order valence-corrected chi connectivity index (χ2v) is 6.37. The first-order valence-electron chi connectivity index (χ1n) is 7.80.